The van der Waals surface area contributed by atoms with Crippen LogP contribution in [0.3, 0.4) is 0 Å². The first kappa shape index (κ1) is 10.1. The molecule has 2 aliphatic rings. The molecule has 0 spiro atoms. The van der Waals surface area contributed by atoms with E-state index in [9.17, 15) is 4.79 Å². The van der Waals surface area contributed by atoms with Crippen LogP contribution in [-0.2, 0) is 4.79 Å². The van der Waals surface area contributed by atoms with Crippen molar-refractivity contribution in [1.29, 1.82) is 0 Å². The highest BCUT2D eigenvalue weighted by molar-refractivity contribution is 7.99. The summed E-state index contributed by atoms with van der Waals surface area (Å²) in [6.07, 6.45) is 0. The highest BCUT2D eigenvalue weighted by Gasteiger charge is 2.45. The molecule has 16 heavy (non-hydrogen) atoms. The Morgan fingerprint density at radius 2 is 2.12 bits per heavy atom. The maximum absolute atomic E-state index is 11.6. The lowest BCUT2D eigenvalue weighted by Crippen LogP contribution is -2.32. The molecule has 5 heteroatoms. The molecule has 3 nitrogen and oxygen atoms in total. The second-order valence-corrected chi connectivity index (χ2v) is 5.31. The molecule has 1 unspecified atom stereocenters. The van der Waals surface area contributed by atoms with Crippen molar-refractivity contribution in [3.8, 4) is 0 Å². The minimum absolute atomic E-state index is 0.0379. The molecular formula is C11H10N2OS2. The van der Waals surface area contributed by atoms with Crippen molar-refractivity contribution in [3.05, 3.63) is 35.9 Å². The van der Waals surface area contributed by atoms with Gasteiger partial charge in [0.25, 0.3) is 0 Å². The number of nitrogens with one attached hydrogen (secondary N) is 1. The van der Waals surface area contributed by atoms with Crippen molar-refractivity contribution < 1.29 is 4.79 Å². The average Bonchev–Trinajstić information content (AvgIpc) is 2.84. The minimum Gasteiger partial charge on any atom is -0.320 e. The van der Waals surface area contributed by atoms with Crippen LogP contribution in [0.25, 0.3) is 0 Å². The third-order valence-corrected chi connectivity index (χ3v) is 4.49. The summed E-state index contributed by atoms with van der Waals surface area (Å²) in [4.78, 5) is 13.6. The Hall–Kier alpha value is -1.07. The van der Waals surface area contributed by atoms with E-state index in [2.05, 4.69) is 17.4 Å². The predicted octanol–water partition coefficient (Wildman–Crippen LogP) is 1.52. The Morgan fingerprint density at radius 3 is 2.88 bits per heavy atom. The van der Waals surface area contributed by atoms with Crippen LogP contribution in [0.1, 0.15) is 10.9 Å². The summed E-state index contributed by atoms with van der Waals surface area (Å²) in [7, 11) is 0. The third-order valence-electron chi connectivity index (χ3n) is 2.85. The lowest BCUT2D eigenvalue weighted by molar-refractivity contribution is -0.120. The zero-order valence-electron chi connectivity index (χ0n) is 8.42. The van der Waals surface area contributed by atoms with E-state index in [-0.39, 0.29) is 17.3 Å². The lowest BCUT2D eigenvalue weighted by Gasteiger charge is -2.23. The topological polar surface area (TPSA) is 32.3 Å². The molecule has 1 aromatic rings. The van der Waals surface area contributed by atoms with Gasteiger partial charge in [-0.05, 0) is 17.8 Å². The summed E-state index contributed by atoms with van der Waals surface area (Å²) in [5.74, 6) is 0.849. The van der Waals surface area contributed by atoms with E-state index in [1.807, 2.05) is 23.1 Å². The second kappa shape index (κ2) is 3.75. The van der Waals surface area contributed by atoms with Gasteiger partial charge >= 0.3 is 0 Å². The number of nitrogens with zero attached hydrogens (tertiary/aromatic N) is 1. The van der Waals surface area contributed by atoms with Crippen molar-refractivity contribution in [2.24, 2.45) is 0 Å². The lowest BCUT2D eigenvalue weighted by atomic mass is 10.2. The van der Waals surface area contributed by atoms with Gasteiger partial charge in [0.2, 0.25) is 5.91 Å². The molecule has 2 fully saturated rings. The van der Waals surface area contributed by atoms with E-state index in [0.29, 0.717) is 5.11 Å². The van der Waals surface area contributed by atoms with Gasteiger partial charge < -0.3 is 10.2 Å². The summed E-state index contributed by atoms with van der Waals surface area (Å²) in [6, 6.07) is 10.1. The number of carbonyl (C=O) groups is 1. The zero-order valence-corrected chi connectivity index (χ0v) is 10.1. The highest BCUT2D eigenvalue weighted by atomic mass is 32.2. The first-order valence-electron chi connectivity index (χ1n) is 5.07. The molecule has 0 radical (unpaired) electrons. The van der Waals surface area contributed by atoms with E-state index in [1.54, 1.807) is 11.8 Å². The van der Waals surface area contributed by atoms with Gasteiger partial charge in [-0.25, -0.2) is 0 Å². The van der Waals surface area contributed by atoms with Crippen molar-refractivity contribution in [3.63, 3.8) is 0 Å². The van der Waals surface area contributed by atoms with Gasteiger partial charge in [0.05, 0.1) is 0 Å². The molecule has 3 rings (SSSR count). The monoisotopic (exact) mass is 250 g/mol. The van der Waals surface area contributed by atoms with E-state index in [4.69, 9.17) is 12.2 Å². The Bertz CT molecular complexity index is 449. The number of thioether (sulfide) groups is 1. The molecule has 82 valence electrons. The van der Waals surface area contributed by atoms with Gasteiger partial charge in [-0.1, -0.05) is 30.3 Å². The van der Waals surface area contributed by atoms with Crippen molar-refractivity contribution in [1.82, 2.24) is 10.2 Å². The maximum atomic E-state index is 11.6. The fraction of sp³-hybridized carbons (Fsp3) is 0.273. The third kappa shape index (κ3) is 1.43. The zero-order chi connectivity index (χ0) is 11.1. The van der Waals surface area contributed by atoms with Crippen LogP contribution in [0.2, 0.25) is 0 Å². The number of hydrogen-bond donors (Lipinski definition) is 1. The quantitative estimate of drug-likeness (QED) is 0.766. The molecule has 0 aromatic heterocycles. The molecule has 0 bridgehead atoms. The van der Waals surface area contributed by atoms with Crippen LogP contribution in [0.15, 0.2) is 30.3 Å². The van der Waals surface area contributed by atoms with E-state index in [1.165, 1.54) is 5.56 Å². The molecule has 1 amide bonds. The van der Waals surface area contributed by atoms with Crippen LogP contribution >= 0.6 is 24.0 Å². The van der Waals surface area contributed by atoms with Gasteiger partial charge in [-0.3, -0.25) is 4.79 Å². The summed E-state index contributed by atoms with van der Waals surface area (Å²) in [5.41, 5.74) is 1.20. The van der Waals surface area contributed by atoms with Crippen LogP contribution in [0.5, 0.6) is 0 Å². The largest absolute Gasteiger partial charge is 0.320 e. The fourth-order valence-corrected chi connectivity index (χ4v) is 3.92. The summed E-state index contributed by atoms with van der Waals surface area (Å²) in [6.45, 7) is 0. The minimum atomic E-state index is -0.0808. The van der Waals surface area contributed by atoms with Crippen LogP contribution in [0, 0.1) is 0 Å². The number of hydrogen-bond acceptors (Lipinski definition) is 3. The molecule has 0 saturated carbocycles. The number of rotatable bonds is 1. The smallest absolute Gasteiger partial charge is 0.249 e. The molecule has 1 N–H and O–H groups in total. The second-order valence-electron chi connectivity index (χ2n) is 3.81. The van der Waals surface area contributed by atoms with Gasteiger partial charge in [0, 0.05) is 5.75 Å². The van der Waals surface area contributed by atoms with Gasteiger partial charge in [0.15, 0.2) is 5.11 Å². The molecular weight excluding hydrogens is 240 g/mol. The average molecular weight is 250 g/mol. The first-order valence-corrected chi connectivity index (χ1v) is 6.53. The first-order chi connectivity index (χ1) is 7.77. The number of benzene rings is 1. The van der Waals surface area contributed by atoms with Crippen molar-refractivity contribution >= 4 is 35.0 Å². The van der Waals surface area contributed by atoms with Gasteiger partial charge in [-0.15, -0.1) is 11.8 Å². The Labute approximate surface area is 103 Å². The number of carbonyl (C=O) groups excluding carboxylic acids is 1. The number of thiocarbonyl (C=S) groups is 1. The standard InChI is InChI=1S/C11H10N2OS2/c14-9-8-6-16-10(13(8)11(15)12-9)7-4-2-1-3-5-7/h1-5,8,10H,6H2,(H,12,14,15)/t8-,10?/m0/s1. The Balaban J connectivity index is 1.94. The fourth-order valence-electron chi connectivity index (χ4n) is 2.08. The molecule has 1 aromatic carbocycles. The summed E-state index contributed by atoms with van der Waals surface area (Å²) >= 11 is 6.96. The Morgan fingerprint density at radius 1 is 1.38 bits per heavy atom. The van der Waals surface area contributed by atoms with Crippen molar-refractivity contribution in [2.75, 3.05) is 5.75 Å². The number of amides is 1. The van der Waals surface area contributed by atoms with Crippen LogP contribution < -0.4 is 5.32 Å². The van der Waals surface area contributed by atoms with Crippen LogP contribution in [-0.4, -0.2) is 27.7 Å². The van der Waals surface area contributed by atoms with Gasteiger partial charge in [-0.2, -0.15) is 0 Å². The van der Waals surface area contributed by atoms with E-state index in [0.717, 1.165) is 5.75 Å². The molecule has 2 aliphatic heterocycles. The SMILES string of the molecule is O=C1NC(=S)N2C(c3ccccc3)SC[C@@H]12. The molecule has 2 saturated heterocycles. The summed E-state index contributed by atoms with van der Waals surface area (Å²) in [5, 5.41) is 3.47. The molecule has 2 heterocycles. The highest BCUT2D eigenvalue weighted by Crippen LogP contribution is 2.42. The predicted molar refractivity (Wildman–Crippen MR) is 68.0 cm³/mol. The van der Waals surface area contributed by atoms with Gasteiger partial charge in [0.1, 0.15) is 11.4 Å². The molecule has 2 atom stereocenters. The van der Waals surface area contributed by atoms with Crippen molar-refractivity contribution in [2.45, 2.75) is 11.4 Å². The Kier molecular flexibility index (Phi) is 2.37. The van der Waals surface area contributed by atoms with E-state index >= 15 is 0 Å². The number of fused-ring (bicyclic) bond motifs is 1. The normalized spacial score (nSPS) is 28.1. The maximum Gasteiger partial charge on any atom is 0.249 e. The van der Waals surface area contributed by atoms with Crippen LogP contribution in [0.4, 0.5) is 0 Å². The molecule has 0 aliphatic carbocycles. The summed E-state index contributed by atoms with van der Waals surface area (Å²) < 4.78 is 0. The van der Waals surface area contributed by atoms with E-state index < -0.39 is 0 Å².